The Morgan fingerprint density at radius 3 is 2.77 bits per heavy atom. The number of cyclic esters (lactones) is 1. The normalized spacial score (nSPS) is 22.1. The number of anilines is 1. The molecule has 0 spiro atoms. The lowest BCUT2D eigenvalue weighted by Gasteiger charge is -2.29. The third-order valence-corrected chi connectivity index (χ3v) is 4.06. The Balaban J connectivity index is 1.72. The van der Waals surface area contributed by atoms with Crippen LogP contribution in [-0.4, -0.2) is 56.5 Å². The van der Waals surface area contributed by atoms with Gasteiger partial charge in [-0.2, -0.15) is 0 Å². The molecule has 1 unspecified atom stereocenters. The Bertz CT molecular complexity index is 549. The number of hydrogen-bond acceptors (Lipinski definition) is 5. The van der Waals surface area contributed by atoms with Crippen LogP contribution in [0.3, 0.4) is 0 Å². The highest BCUT2D eigenvalue weighted by Gasteiger charge is 2.31. The van der Waals surface area contributed by atoms with Gasteiger partial charge in [-0.05, 0) is 17.7 Å². The molecule has 1 aromatic rings. The first-order valence-corrected chi connectivity index (χ1v) is 7.43. The second kappa shape index (κ2) is 6.50. The van der Waals surface area contributed by atoms with Crippen LogP contribution in [0.15, 0.2) is 18.2 Å². The van der Waals surface area contributed by atoms with Gasteiger partial charge in [-0.3, -0.25) is 4.90 Å². The number of halogens is 1. The molecule has 3 rings (SSSR count). The third kappa shape index (κ3) is 3.00. The summed E-state index contributed by atoms with van der Waals surface area (Å²) >= 11 is 0. The van der Waals surface area contributed by atoms with Crippen molar-refractivity contribution in [3.05, 3.63) is 29.6 Å². The minimum atomic E-state index is -0.395. The van der Waals surface area contributed by atoms with Gasteiger partial charge >= 0.3 is 6.09 Å². The highest BCUT2D eigenvalue weighted by molar-refractivity contribution is 5.70. The Kier molecular flexibility index (Phi) is 4.44. The molecule has 0 bridgehead atoms. The molecule has 2 aliphatic rings. The average Bonchev–Trinajstić information content (AvgIpc) is 2.89. The van der Waals surface area contributed by atoms with Crippen LogP contribution in [0.5, 0.6) is 0 Å². The zero-order chi connectivity index (χ0) is 15.5. The van der Waals surface area contributed by atoms with E-state index in [1.165, 1.54) is 6.07 Å². The molecule has 6 nitrogen and oxygen atoms in total. The van der Waals surface area contributed by atoms with Crippen LogP contribution in [0.2, 0.25) is 0 Å². The van der Waals surface area contributed by atoms with Crippen molar-refractivity contribution in [1.82, 2.24) is 4.90 Å². The van der Waals surface area contributed by atoms with E-state index in [2.05, 4.69) is 0 Å². The highest BCUT2D eigenvalue weighted by atomic mass is 19.1. The molecule has 0 saturated carbocycles. The lowest BCUT2D eigenvalue weighted by Crippen LogP contribution is -2.38. The number of carbonyl (C=O) groups excluding carboxylic acids is 1. The Hall–Kier alpha value is -1.86. The summed E-state index contributed by atoms with van der Waals surface area (Å²) < 4.78 is 24.6. The number of amides is 1. The molecule has 120 valence electrons. The zero-order valence-electron chi connectivity index (χ0n) is 12.3. The molecule has 1 aromatic carbocycles. The summed E-state index contributed by atoms with van der Waals surface area (Å²) in [5.74, 6) is -0.281. The van der Waals surface area contributed by atoms with Crippen molar-refractivity contribution in [3.63, 3.8) is 0 Å². The average molecular weight is 309 g/mol. The number of nitrogens with two attached hydrogens (primary N) is 1. The summed E-state index contributed by atoms with van der Waals surface area (Å²) in [6.45, 7) is 3.52. The molecule has 22 heavy (non-hydrogen) atoms. The molecule has 0 aromatic heterocycles. The first kappa shape index (κ1) is 15.1. The number of rotatable bonds is 4. The molecule has 1 amide bonds. The maximum absolute atomic E-state index is 14.3. The maximum atomic E-state index is 14.3. The van der Waals surface area contributed by atoms with Crippen molar-refractivity contribution in [2.24, 2.45) is 5.73 Å². The minimum absolute atomic E-state index is 0.144. The first-order chi connectivity index (χ1) is 10.7. The van der Waals surface area contributed by atoms with Gasteiger partial charge in [0.05, 0.1) is 24.9 Å². The molecule has 2 fully saturated rings. The fourth-order valence-electron chi connectivity index (χ4n) is 2.78. The topological polar surface area (TPSA) is 68.0 Å². The predicted molar refractivity (Wildman–Crippen MR) is 79.2 cm³/mol. The van der Waals surface area contributed by atoms with Crippen LogP contribution >= 0.6 is 0 Å². The van der Waals surface area contributed by atoms with Crippen LogP contribution in [0.4, 0.5) is 14.9 Å². The molecule has 2 aliphatic heterocycles. The van der Waals surface area contributed by atoms with E-state index < -0.39 is 6.09 Å². The van der Waals surface area contributed by atoms with Crippen LogP contribution in [0, 0.1) is 5.82 Å². The van der Waals surface area contributed by atoms with E-state index in [-0.39, 0.29) is 11.9 Å². The molecule has 7 heteroatoms. The summed E-state index contributed by atoms with van der Waals surface area (Å²) in [7, 11) is 0. The first-order valence-electron chi connectivity index (χ1n) is 7.43. The molecule has 2 heterocycles. The van der Waals surface area contributed by atoms with Crippen LogP contribution in [-0.2, 0) is 16.0 Å². The van der Waals surface area contributed by atoms with E-state index in [9.17, 15) is 9.18 Å². The van der Waals surface area contributed by atoms with Crippen molar-refractivity contribution < 1.29 is 18.7 Å². The highest BCUT2D eigenvalue weighted by Crippen LogP contribution is 2.23. The van der Waals surface area contributed by atoms with E-state index in [0.717, 1.165) is 5.56 Å². The second-order valence-electron chi connectivity index (χ2n) is 5.48. The van der Waals surface area contributed by atoms with Crippen molar-refractivity contribution in [2.75, 3.05) is 44.4 Å². The van der Waals surface area contributed by atoms with Gasteiger partial charge in [-0.25, -0.2) is 9.18 Å². The van der Waals surface area contributed by atoms with Gasteiger partial charge < -0.3 is 20.1 Å². The van der Waals surface area contributed by atoms with Gasteiger partial charge in [0, 0.05) is 26.2 Å². The fraction of sp³-hybridized carbons (Fsp3) is 0.533. The standard InChI is InChI=1S/C15H20FN3O3/c16-13-7-11(9-19-12(8-17)10-22-15(19)20)1-2-14(13)18-3-5-21-6-4-18/h1-2,7,12H,3-6,8-10,17H2. The monoisotopic (exact) mass is 309 g/mol. The molecule has 2 N–H and O–H groups in total. The van der Waals surface area contributed by atoms with Gasteiger partial charge in [0.2, 0.25) is 0 Å². The summed E-state index contributed by atoms with van der Waals surface area (Å²) in [6.07, 6.45) is -0.395. The Labute approximate surface area is 128 Å². The number of carbonyl (C=O) groups is 1. The van der Waals surface area contributed by atoms with E-state index in [1.807, 2.05) is 11.0 Å². The summed E-state index contributed by atoms with van der Waals surface area (Å²) in [6, 6.07) is 4.93. The third-order valence-electron chi connectivity index (χ3n) is 4.06. The van der Waals surface area contributed by atoms with Crippen LogP contribution < -0.4 is 10.6 Å². The molecular weight excluding hydrogens is 289 g/mol. The zero-order valence-corrected chi connectivity index (χ0v) is 12.3. The second-order valence-corrected chi connectivity index (χ2v) is 5.48. The molecule has 1 atom stereocenters. The van der Waals surface area contributed by atoms with Crippen molar-refractivity contribution in [2.45, 2.75) is 12.6 Å². The van der Waals surface area contributed by atoms with Gasteiger partial charge in [0.25, 0.3) is 0 Å². The number of morpholine rings is 1. The lowest BCUT2D eigenvalue weighted by molar-refractivity contribution is 0.122. The van der Waals surface area contributed by atoms with Crippen molar-refractivity contribution >= 4 is 11.8 Å². The van der Waals surface area contributed by atoms with Crippen LogP contribution in [0.25, 0.3) is 0 Å². The number of benzene rings is 1. The van der Waals surface area contributed by atoms with E-state index >= 15 is 0 Å². The number of ether oxygens (including phenoxy) is 2. The molecule has 2 saturated heterocycles. The number of nitrogens with zero attached hydrogens (tertiary/aromatic N) is 2. The molecule has 0 radical (unpaired) electrons. The lowest BCUT2D eigenvalue weighted by atomic mass is 10.1. The number of hydrogen-bond donors (Lipinski definition) is 1. The quantitative estimate of drug-likeness (QED) is 0.896. The SMILES string of the molecule is NCC1COC(=O)N1Cc1ccc(N2CCOCC2)c(F)c1. The van der Waals surface area contributed by atoms with Gasteiger partial charge in [-0.15, -0.1) is 0 Å². The van der Waals surface area contributed by atoms with Crippen LogP contribution in [0.1, 0.15) is 5.56 Å². The minimum Gasteiger partial charge on any atom is -0.447 e. The maximum Gasteiger partial charge on any atom is 0.410 e. The predicted octanol–water partition coefficient (Wildman–Crippen LogP) is 0.942. The van der Waals surface area contributed by atoms with E-state index in [0.29, 0.717) is 51.7 Å². The summed E-state index contributed by atoms with van der Waals surface area (Å²) in [5, 5.41) is 0. The van der Waals surface area contributed by atoms with E-state index in [4.69, 9.17) is 15.2 Å². The Morgan fingerprint density at radius 2 is 2.09 bits per heavy atom. The van der Waals surface area contributed by atoms with Gasteiger partial charge in [0.1, 0.15) is 12.4 Å². The van der Waals surface area contributed by atoms with Crippen molar-refractivity contribution in [3.8, 4) is 0 Å². The van der Waals surface area contributed by atoms with Gasteiger partial charge in [0.15, 0.2) is 0 Å². The summed E-state index contributed by atoms with van der Waals surface area (Å²) in [4.78, 5) is 15.2. The molecular formula is C15H20FN3O3. The Morgan fingerprint density at radius 1 is 1.32 bits per heavy atom. The largest absolute Gasteiger partial charge is 0.447 e. The summed E-state index contributed by atoms with van der Waals surface area (Å²) in [5.41, 5.74) is 6.93. The fourth-order valence-corrected chi connectivity index (χ4v) is 2.78. The molecule has 0 aliphatic carbocycles. The van der Waals surface area contributed by atoms with E-state index in [1.54, 1.807) is 11.0 Å². The van der Waals surface area contributed by atoms with Crippen molar-refractivity contribution in [1.29, 1.82) is 0 Å². The smallest absolute Gasteiger partial charge is 0.410 e. The van der Waals surface area contributed by atoms with Gasteiger partial charge in [-0.1, -0.05) is 6.07 Å².